The highest BCUT2D eigenvalue weighted by molar-refractivity contribution is 7.87. The summed E-state index contributed by atoms with van der Waals surface area (Å²) in [5.74, 6) is 0. The molecule has 0 aromatic heterocycles. The van der Waals surface area contributed by atoms with Gasteiger partial charge >= 0.3 is 0 Å². The Labute approximate surface area is 109 Å². The van der Waals surface area contributed by atoms with Crippen LogP contribution in [0.25, 0.3) is 0 Å². The zero-order valence-electron chi connectivity index (χ0n) is 10.7. The number of rotatable bonds is 3. The molecular formula is C12H21N3O2S. The molecule has 5 nitrogen and oxygen atoms in total. The molecule has 0 amide bonds. The molecule has 0 atom stereocenters. The van der Waals surface area contributed by atoms with Crippen LogP contribution in [0.5, 0.6) is 0 Å². The first-order chi connectivity index (χ1) is 8.58. The number of nitriles is 1. The van der Waals surface area contributed by atoms with E-state index in [1.165, 1.54) is 4.31 Å². The fourth-order valence-corrected chi connectivity index (χ4v) is 4.42. The Balaban J connectivity index is 2.11. The Hall–Kier alpha value is -0.640. The average molecular weight is 271 g/mol. The Morgan fingerprint density at radius 1 is 1.00 bits per heavy atom. The van der Waals surface area contributed by atoms with Crippen molar-refractivity contribution >= 4 is 10.2 Å². The van der Waals surface area contributed by atoms with Crippen LogP contribution in [0.2, 0.25) is 0 Å². The van der Waals surface area contributed by atoms with E-state index in [0.29, 0.717) is 25.9 Å². The van der Waals surface area contributed by atoms with E-state index in [2.05, 4.69) is 10.8 Å². The maximum absolute atomic E-state index is 12.2. The van der Waals surface area contributed by atoms with Gasteiger partial charge in [0.1, 0.15) is 5.54 Å². The fraction of sp³-hybridized carbons (Fsp3) is 0.917. The Kier molecular flexibility index (Phi) is 4.25. The van der Waals surface area contributed by atoms with Gasteiger partial charge in [0.05, 0.1) is 6.07 Å². The summed E-state index contributed by atoms with van der Waals surface area (Å²) >= 11 is 0. The van der Waals surface area contributed by atoms with Crippen LogP contribution in [0, 0.1) is 11.3 Å². The average Bonchev–Trinajstić information content (AvgIpc) is 2.79. The minimum atomic E-state index is -3.49. The molecule has 1 heterocycles. The van der Waals surface area contributed by atoms with Crippen molar-refractivity contribution in [1.29, 1.82) is 5.26 Å². The van der Waals surface area contributed by atoms with Gasteiger partial charge in [0, 0.05) is 13.1 Å². The van der Waals surface area contributed by atoms with Crippen LogP contribution in [0.1, 0.15) is 51.4 Å². The third-order valence-corrected chi connectivity index (χ3v) is 5.59. The molecule has 18 heavy (non-hydrogen) atoms. The summed E-state index contributed by atoms with van der Waals surface area (Å²) < 4.78 is 28.6. The summed E-state index contributed by atoms with van der Waals surface area (Å²) in [6.45, 7) is 1.16. The first-order valence-electron chi connectivity index (χ1n) is 6.78. The molecule has 1 aliphatic carbocycles. The van der Waals surface area contributed by atoms with E-state index in [9.17, 15) is 13.7 Å². The zero-order chi connectivity index (χ0) is 13.1. The van der Waals surface area contributed by atoms with Crippen LogP contribution in [-0.4, -0.2) is 31.4 Å². The van der Waals surface area contributed by atoms with Crippen molar-refractivity contribution in [1.82, 2.24) is 9.03 Å². The highest BCUT2D eigenvalue weighted by Crippen LogP contribution is 2.28. The van der Waals surface area contributed by atoms with Gasteiger partial charge in [-0.3, -0.25) is 0 Å². The molecule has 2 rings (SSSR count). The number of nitrogens with zero attached hydrogens (tertiary/aromatic N) is 2. The van der Waals surface area contributed by atoms with Crippen molar-refractivity contribution in [3.8, 4) is 6.07 Å². The monoisotopic (exact) mass is 271 g/mol. The van der Waals surface area contributed by atoms with E-state index in [0.717, 1.165) is 38.5 Å². The van der Waals surface area contributed by atoms with E-state index in [4.69, 9.17) is 0 Å². The molecule has 1 saturated carbocycles. The third-order valence-electron chi connectivity index (χ3n) is 3.90. The summed E-state index contributed by atoms with van der Waals surface area (Å²) in [6, 6.07) is 2.22. The standard InChI is InChI=1S/C12H21N3O2S/c13-11-12(7-3-1-2-4-8-12)14-18(16,17)15-9-5-6-10-15/h14H,1-10H2. The number of hydrogen-bond donors (Lipinski definition) is 1. The van der Waals surface area contributed by atoms with Gasteiger partial charge in [-0.2, -0.15) is 22.7 Å². The topological polar surface area (TPSA) is 73.2 Å². The molecule has 0 spiro atoms. The van der Waals surface area contributed by atoms with Crippen molar-refractivity contribution in [2.75, 3.05) is 13.1 Å². The Bertz CT molecular complexity index is 413. The van der Waals surface area contributed by atoms with E-state index >= 15 is 0 Å². The van der Waals surface area contributed by atoms with Crippen molar-refractivity contribution in [2.45, 2.75) is 56.9 Å². The molecule has 0 aromatic carbocycles. The predicted molar refractivity (Wildman–Crippen MR) is 68.9 cm³/mol. The van der Waals surface area contributed by atoms with Crippen molar-refractivity contribution in [3.05, 3.63) is 0 Å². The van der Waals surface area contributed by atoms with Crippen LogP contribution < -0.4 is 4.72 Å². The summed E-state index contributed by atoms with van der Waals surface area (Å²) in [6.07, 6.45) is 7.14. The minimum Gasteiger partial charge on any atom is -0.196 e. The lowest BCUT2D eigenvalue weighted by atomic mass is 9.94. The SMILES string of the molecule is N#CC1(NS(=O)(=O)N2CCCC2)CCCCCC1. The van der Waals surface area contributed by atoms with Crippen LogP contribution >= 0.6 is 0 Å². The van der Waals surface area contributed by atoms with E-state index in [-0.39, 0.29) is 0 Å². The highest BCUT2D eigenvalue weighted by atomic mass is 32.2. The van der Waals surface area contributed by atoms with Gasteiger partial charge in [-0.15, -0.1) is 0 Å². The Morgan fingerprint density at radius 2 is 1.56 bits per heavy atom. The summed E-state index contributed by atoms with van der Waals surface area (Å²) in [4.78, 5) is 0. The quantitative estimate of drug-likeness (QED) is 0.791. The molecule has 2 aliphatic rings. The summed E-state index contributed by atoms with van der Waals surface area (Å²) in [7, 11) is -3.49. The van der Waals surface area contributed by atoms with E-state index in [1.807, 2.05) is 0 Å². The van der Waals surface area contributed by atoms with Crippen LogP contribution in [0.3, 0.4) is 0 Å². The van der Waals surface area contributed by atoms with Crippen molar-refractivity contribution in [3.63, 3.8) is 0 Å². The molecule has 1 saturated heterocycles. The van der Waals surface area contributed by atoms with Gasteiger partial charge in [0.2, 0.25) is 0 Å². The minimum absolute atomic E-state index is 0.580. The number of nitrogens with one attached hydrogen (secondary N) is 1. The summed E-state index contributed by atoms with van der Waals surface area (Å²) in [5, 5.41) is 9.38. The molecule has 0 unspecified atom stereocenters. The molecular weight excluding hydrogens is 250 g/mol. The lowest BCUT2D eigenvalue weighted by Gasteiger charge is -2.28. The normalized spacial score (nSPS) is 25.5. The molecule has 1 N–H and O–H groups in total. The Morgan fingerprint density at radius 3 is 2.06 bits per heavy atom. The maximum Gasteiger partial charge on any atom is 0.280 e. The second kappa shape index (κ2) is 5.55. The second-order valence-corrected chi connectivity index (χ2v) is 6.99. The van der Waals surface area contributed by atoms with Crippen molar-refractivity contribution < 1.29 is 8.42 Å². The predicted octanol–water partition coefficient (Wildman–Crippen LogP) is 1.53. The van der Waals surface area contributed by atoms with Crippen LogP contribution in [0.15, 0.2) is 0 Å². The molecule has 102 valence electrons. The first-order valence-corrected chi connectivity index (χ1v) is 8.22. The zero-order valence-corrected chi connectivity index (χ0v) is 11.5. The van der Waals surface area contributed by atoms with Crippen LogP contribution in [-0.2, 0) is 10.2 Å². The maximum atomic E-state index is 12.2. The van der Waals surface area contributed by atoms with Gasteiger partial charge in [-0.25, -0.2) is 0 Å². The van der Waals surface area contributed by atoms with Crippen molar-refractivity contribution in [2.24, 2.45) is 0 Å². The molecule has 0 radical (unpaired) electrons. The van der Waals surface area contributed by atoms with E-state index in [1.54, 1.807) is 0 Å². The van der Waals surface area contributed by atoms with Gasteiger partial charge in [0.15, 0.2) is 0 Å². The third kappa shape index (κ3) is 3.02. The lowest BCUT2D eigenvalue weighted by Crippen LogP contribution is -2.52. The lowest BCUT2D eigenvalue weighted by molar-refractivity contribution is 0.392. The molecule has 0 aromatic rings. The van der Waals surface area contributed by atoms with Gasteiger partial charge in [-0.05, 0) is 25.7 Å². The summed E-state index contributed by atoms with van der Waals surface area (Å²) in [5.41, 5.74) is -0.877. The molecule has 1 aliphatic heterocycles. The number of hydrogen-bond acceptors (Lipinski definition) is 3. The fourth-order valence-electron chi connectivity index (χ4n) is 2.81. The molecule has 6 heteroatoms. The smallest absolute Gasteiger partial charge is 0.196 e. The first kappa shape index (κ1) is 13.8. The van der Waals surface area contributed by atoms with Gasteiger partial charge in [-0.1, -0.05) is 25.7 Å². The van der Waals surface area contributed by atoms with Gasteiger partial charge in [0.25, 0.3) is 10.2 Å². The van der Waals surface area contributed by atoms with Gasteiger partial charge < -0.3 is 0 Å². The second-order valence-electron chi connectivity index (χ2n) is 5.32. The molecule has 0 bridgehead atoms. The van der Waals surface area contributed by atoms with Crippen LogP contribution in [0.4, 0.5) is 0 Å². The highest BCUT2D eigenvalue weighted by Gasteiger charge is 2.38. The van der Waals surface area contributed by atoms with E-state index < -0.39 is 15.7 Å². The largest absolute Gasteiger partial charge is 0.280 e. The molecule has 2 fully saturated rings.